The SMILES string of the molecule is CC(=O)N1CCC(C(=O)N[C@@H](C(=O)N2CCC[C@H]2c2ncc(-c3ccc(-c4ccc(-c5cnc([C@@H]6CCCN6C(=O)[C@H](NC(=O)C6CCN(C(C)=O)CC6)c6ccccc6)s5)cc4)cc3)s2)c2ccccc2)CC1. The summed E-state index contributed by atoms with van der Waals surface area (Å²) in [6.45, 7) is 6.40. The number of carbonyl (C=O) groups is 6. The first-order valence-corrected chi connectivity index (χ1v) is 27.6. The highest BCUT2D eigenvalue weighted by atomic mass is 32.1. The topological polar surface area (TPSA) is 165 Å². The number of benzene rings is 4. The largest absolute Gasteiger partial charge is 0.343 e. The minimum absolute atomic E-state index is 0.0143. The van der Waals surface area contributed by atoms with Gasteiger partial charge < -0.3 is 30.2 Å². The maximum absolute atomic E-state index is 14.5. The zero-order chi connectivity index (χ0) is 51.3. The molecule has 382 valence electrons. The van der Waals surface area contributed by atoms with Crippen molar-refractivity contribution in [2.24, 2.45) is 11.8 Å². The summed E-state index contributed by atoms with van der Waals surface area (Å²) in [5, 5.41) is 7.97. The molecule has 2 N–H and O–H groups in total. The molecule has 4 fully saturated rings. The lowest BCUT2D eigenvalue weighted by molar-refractivity contribution is -0.139. The third kappa shape index (κ3) is 11.1. The van der Waals surface area contributed by atoms with E-state index >= 15 is 0 Å². The van der Waals surface area contributed by atoms with E-state index in [1.54, 1.807) is 46.3 Å². The van der Waals surface area contributed by atoms with Gasteiger partial charge in [-0.2, -0.15) is 0 Å². The van der Waals surface area contributed by atoms with Crippen LogP contribution < -0.4 is 10.6 Å². The molecule has 0 saturated carbocycles. The van der Waals surface area contributed by atoms with Gasteiger partial charge in [-0.25, -0.2) is 9.97 Å². The maximum Gasteiger partial charge on any atom is 0.250 e. The number of aromatic nitrogens is 2. The number of carbonyl (C=O) groups excluding carboxylic acids is 6. The molecule has 0 aliphatic carbocycles. The van der Waals surface area contributed by atoms with Gasteiger partial charge >= 0.3 is 0 Å². The average Bonchev–Trinajstić information content (AvgIpc) is 4.30. The van der Waals surface area contributed by atoms with E-state index in [1.807, 2.05) is 82.9 Å². The molecule has 4 aliphatic rings. The summed E-state index contributed by atoms with van der Waals surface area (Å²) in [6.07, 6.45) is 9.31. The molecule has 6 heterocycles. The number of piperidine rings is 2. The molecule has 2 aromatic heterocycles. The summed E-state index contributed by atoms with van der Waals surface area (Å²) < 4.78 is 0. The zero-order valence-electron chi connectivity index (χ0n) is 41.9. The molecule has 4 aliphatic heterocycles. The molecule has 4 aromatic carbocycles. The van der Waals surface area contributed by atoms with Gasteiger partial charge in [-0.1, -0.05) is 109 Å². The summed E-state index contributed by atoms with van der Waals surface area (Å²) in [6, 6.07) is 33.7. The zero-order valence-corrected chi connectivity index (χ0v) is 43.5. The molecule has 0 radical (unpaired) electrons. The Bertz CT molecular complexity index is 2770. The first-order valence-electron chi connectivity index (χ1n) is 25.9. The highest BCUT2D eigenvalue weighted by Gasteiger charge is 2.40. The molecule has 6 aromatic rings. The van der Waals surface area contributed by atoms with Gasteiger partial charge in [-0.3, -0.25) is 28.8 Å². The number of amides is 6. The fourth-order valence-electron chi connectivity index (χ4n) is 11.0. The van der Waals surface area contributed by atoms with Crippen LogP contribution in [0.1, 0.15) is 111 Å². The summed E-state index contributed by atoms with van der Waals surface area (Å²) in [4.78, 5) is 99.1. The van der Waals surface area contributed by atoms with Gasteiger partial charge in [0.2, 0.25) is 35.4 Å². The van der Waals surface area contributed by atoms with Gasteiger partial charge in [0, 0.05) is 77.3 Å². The summed E-state index contributed by atoms with van der Waals surface area (Å²) in [5.74, 6) is -1.09. The van der Waals surface area contributed by atoms with Crippen LogP contribution >= 0.6 is 22.7 Å². The second kappa shape index (κ2) is 22.6. The number of hydrogen-bond acceptors (Lipinski definition) is 10. The Morgan fingerprint density at radius 3 is 1.18 bits per heavy atom. The van der Waals surface area contributed by atoms with Gasteiger partial charge in [0.25, 0.3) is 0 Å². The third-order valence-corrected chi connectivity index (χ3v) is 17.6. The fourth-order valence-corrected chi connectivity index (χ4v) is 13.2. The Kier molecular flexibility index (Phi) is 15.4. The van der Waals surface area contributed by atoms with E-state index in [2.05, 4.69) is 59.2 Å². The summed E-state index contributed by atoms with van der Waals surface area (Å²) in [5.41, 5.74) is 5.70. The maximum atomic E-state index is 14.5. The Morgan fingerprint density at radius 1 is 0.473 bits per heavy atom. The van der Waals surface area contributed by atoms with E-state index in [0.717, 1.165) is 78.8 Å². The van der Waals surface area contributed by atoms with Gasteiger partial charge in [-0.15, -0.1) is 22.7 Å². The van der Waals surface area contributed by atoms with E-state index in [1.165, 1.54) is 0 Å². The monoisotopic (exact) mass is 1030 g/mol. The van der Waals surface area contributed by atoms with Crippen LogP contribution in [0.2, 0.25) is 0 Å². The molecule has 4 saturated heterocycles. The van der Waals surface area contributed by atoms with Crippen LogP contribution in [0.15, 0.2) is 122 Å². The van der Waals surface area contributed by atoms with Crippen LogP contribution in [0.3, 0.4) is 0 Å². The van der Waals surface area contributed by atoms with Crippen LogP contribution in [0.5, 0.6) is 0 Å². The van der Waals surface area contributed by atoms with Crippen molar-refractivity contribution in [1.82, 2.24) is 40.2 Å². The molecule has 0 bridgehead atoms. The second-order valence-corrected chi connectivity index (χ2v) is 22.0. The minimum Gasteiger partial charge on any atom is -0.343 e. The number of nitrogens with zero attached hydrogens (tertiary/aromatic N) is 6. The van der Waals surface area contributed by atoms with E-state index in [-0.39, 0.29) is 59.4 Å². The predicted molar refractivity (Wildman–Crippen MR) is 286 cm³/mol. The standard InChI is InChI=1S/C58H62N8O6S2/c1-37(67)63-31-25-45(26-32-63)53(69)61-51(43-11-5-3-6-12-43)57(71)65-29-9-15-47(65)55-59-35-49(73-55)41-21-17-39(18-22-41)40-19-23-42(24-20-40)50-36-60-56(74-50)48-16-10-30-66(48)58(72)52(44-13-7-4-8-14-44)62-54(70)46-27-33-64(34-28-46)38(2)68/h3-8,11-14,17-24,35-36,45-48,51-52H,9-10,15-16,25-34H2,1-2H3,(H,61,69)(H,62,70)/t47-,48-,51+,52+/m0/s1. The first kappa shape index (κ1) is 50.5. The van der Waals surface area contributed by atoms with Crippen LogP contribution in [0.25, 0.3) is 32.0 Å². The van der Waals surface area contributed by atoms with E-state index in [9.17, 15) is 28.8 Å². The quantitative estimate of drug-likeness (QED) is 0.116. The van der Waals surface area contributed by atoms with Crippen LogP contribution in [-0.2, 0) is 28.8 Å². The fraction of sp³-hybridized carbons (Fsp3) is 0.379. The Balaban J connectivity index is 0.776. The van der Waals surface area contributed by atoms with Crippen molar-refractivity contribution in [2.75, 3.05) is 39.3 Å². The molecule has 16 heteroatoms. The van der Waals surface area contributed by atoms with Crippen LogP contribution in [0, 0.1) is 11.8 Å². The van der Waals surface area contributed by atoms with E-state index < -0.39 is 12.1 Å². The van der Waals surface area contributed by atoms with Crippen molar-refractivity contribution in [3.8, 4) is 32.0 Å². The van der Waals surface area contributed by atoms with Crippen molar-refractivity contribution in [1.29, 1.82) is 0 Å². The van der Waals surface area contributed by atoms with Crippen LogP contribution in [0.4, 0.5) is 0 Å². The molecular weight excluding hydrogens is 969 g/mol. The first-order chi connectivity index (χ1) is 36.0. The molecule has 4 atom stereocenters. The number of rotatable bonds is 13. The van der Waals surface area contributed by atoms with Gasteiger partial charge in [0.05, 0.1) is 21.8 Å². The molecule has 10 rings (SSSR count). The molecule has 74 heavy (non-hydrogen) atoms. The molecule has 6 amide bonds. The Hall–Kier alpha value is -7.04. The molecule has 0 unspecified atom stereocenters. The highest BCUT2D eigenvalue weighted by molar-refractivity contribution is 7.15. The lowest BCUT2D eigenvalue weighted by Crippen LogP contribution is -2.47. The molecule has 14 nitrogen and oxygen atoms in total. The van der Waals surface area contributed by atoms with Crippen molar-refractivity contribution in [2.45, 2.75) is 89.4 Å². The Labute approximate surface area is 440 Å². The number of hydrogen-bond donors (Lipinski definition) is 2. The van der Waals surface area contributed by atoms with Gasteiger partial charge in [0.1, 0.15) is 22.1 Å². The van der Waals surface area contributed by atoms with Crippen molar-refractivity contribution in [3.63, 3.8) is 0 Å². The average molecular weight is 1030 g/mol. The Morgan fingerprint density at radius 2 is 0.824 bits per heavy atom. The van der Waals surface area contributed by atoms with Gasteiger partial charge in [0.15, 0.2) is 0 Å². The van der Waals surface area contributed by atoms with Crippen LogP contribution in [-0.4, -0.2) is 104 Å². The van der Waals surface area contributed by atoms with Crippen molar-refractivity contribution >= 4 is 58.1 Å². The smallest absolute Gasteiger partial charge is 0.250 e. The van der Waals surface area contributed by atoms with E-state index in [4.69, 9.17) is 9.97 Å². The minimum atomic E-state index is -0.826. The number of likely N-dealkylation sites (tertiary alicyclic amines) is 4. The van der Waals surface area contributed by atoms with Crippen molar-refractivity contribution in [3.05, 3.63) is 143 Å². The second-order valence-electron chi connectivity index (χ2n) is 19.9. The molecular formula is C58H62N8O6S2. The summed E-state index contributed by atoms with van der Waals surface area (Å²) in [7, 11) is 0. The normalized spacial score (nSPS) is 19.3. The number of nitrogens with one attached hydrogen (secondary N) is 2. The highest BCUT2D eigenvalue weighted by Crippen LogP contribution is 2.41. The van der Waals surface area contributed by atoms with Crippen molar-refractivity contribution < 1.29 is 28.8 Å². The van der Waals surface area contributed by atoms with Gasteiger partial charge in [-0.05, 0) is 84.7 Å². The lowest BCUT2D eigenvalue weighted by Gasteiger charge is -2.33. The number of thiazole rings is 2. The lowest BCUT2D eigenvalue weighted by atomic mass is 9.94. The predicted octanol–water partition coefficient (Wildman–Crippen LogP) is 9.16. The molecule has 0 spiro atoms. The summed E-state index contributed by atoms with van der Waals surface area (Å²) >= 11 is 3.19. The van der Waals surface area contributed by atoms with E-state index in [0.29, 0.717) is 65.0 Å². The third-order valence-electron chi connectivity index (χ3n) is 15.3.